The topological polar surface area (TPSA) is 20.3 Å². The van der Waals surface area contributed by atoms with Crippen LogP contribution in [-0.2, 0) is 4.79 Å². The summed E-state index contributed by atoms with van der Waals surface area (Å²) in [5, 5.41) is 0.762. The number of nitrogens with zero attached hydrogens (tertiary/aromatic N) is 1. The number of halogens is 1. The number of hydrogen-bond donors (Lipinski definition) is 0. The highest BCUT2D eigenvalue weighted by Crippen LogP contribution is 2.11. The third-order valence-corrected chi connectivity index (χ3v) is 3.43. The molecule has 1 heterocycles. The zero-order valence-electron chi connectivity index (χ0n) is 10.4. The van der Waals surface area contributed by atoms with Gasteiger partial charge in [-0.15, -0.1) is 0 Å². The zero-order valence-corrected chi connectivity index (χ0v) is 11.2. The Labute approximate surface area is 113 Å². The number of Topliss-reactive ketones (excluding diaryl/α,β-unsaturated/α-hetero) is 1. The summed E-state index contributed by atoms with van der Waals surface area (Å²) in [6, 6.07) is 7.80. The van der Waals surface area contributed by atoms with Crippen molar-refractivity contribution < 1.29 is 4.79 Å². The monoisotopic (exact) mass is 263 g/mol. The average molecular weight is 264 g/mol. The van der Waals surface area contributed by atoms with E-state index < -0.39 is 0 Å². The molecule has 1 saturated heterocycles. The summed E-state index contributed by atoms with van der Waals surface area (Å²) < 4.78 is 0. The van der Waals surface area contributed by atoms with Crippen LogP contribution >= 0.6 is 11.6 Å². The molecule has 0 aromatic heterocycles. The van der Waals surface area contributed by atoms with Crippen LogP contribution in [0.4, 0.5) is 0 Å². The molecule has 0 bridgehead atoms. The van der Waals surface area contributed by atoms with E-state index in [1.807, 2.05) is 24.3 Å². The van der Waals surface area contributed by atoms with Crippen molar-refractivity contribution in [3.63, 3.8) is 0 Å². The van der Waals surface area contributed by atoms with Gasteiger partial charge in [0, 0.05) is 31.0 Å². The van der Waals surface area contributed by atoms with Crippen LogP contribution in [0, 0.1) is 0 Å². The van der Waals surface area contributed by atoms with Crippen LogP contribution in [0.5, 0.6) is 0 Å². The lowest BCUT2D eigenvalue weighted by Crippen LogP contribution is -2.24. The molecule has 1 aromatic carbocycles. The van der Waals surface area contributed by atoms with Crippen LogP contribution in [0.2, 0.25) is 5.02 Å². The van der Waals surface area contributed by atoms with Gasteiger partial charge in [0.1, 0.15) is 5.78 Å². The second-order valence-electron chi connectivity index (χ2n) is 4.65. The van der Waals surface area contributed by atoms with Crippen LogP contribution in [0.25, 0.3) is 6.08 Å². The molecule has 1 fully saturated rings. The molecule has 0 aliphatic carbocycles. The van der Waals surface area contributed by atoms with Crippen molar-refractivity contribution in [2.45, 2.75) is 19.3 Å². The first-order valence-corrected chi connectivity index (χ1v) is 6.78. The van der Waals surface area contributed by atoms with E-state index >= 15 is 0 Å². The lowest BCUT2D eigenvalue weighted by atomic mass is 10.2. The Bertz CT molecular complexity index is 425. The Kier molecular flexibility index (Phi) is 4.97. The van der Waals surface area contributed by atoms with E-state index in [4.69, 9.17) is 11.6 Å². The SMILES string of the molecule is O=C1CCCN(CC=Cc2ccc(Cl)cc2)CC1. The van der Waals surface area contributed by atoms with Gasteiger partial charge in [0.15, 0.2) is 0 Å². The Balaban J connectivity index is 1.83. The number of ketones is 1. The smallest absolute Gasteiger partial charge is 0.134 e. The highest BCUT2D eigenvalue weighted by Gasteiger charge is 2.12. The Morgan fingerprint density at radius 2 is 1.94 bits per heavy atom. The minimum Gasteiger partial charge on any atom is -0.300 e. The first-order chi connectivity index (χ1) is 8.74. The predicted octanol–water partition coefficient (Wildman–Crippen LogP) is 3.41. The molecule has 18 heavy (non-hydrogen) atoms. The number of carbonyl (C=O) groups is 1. The van der Waals surface area contributed by atoms with Gasteiger partial charge in [-0.3, -0.25) is 9.69 Å². The largest absolute Gasteiger partial charge is 0.300 e. The molecule has 0 saturated carbocycles. The average Bonchev–Trinajstić information content (AvgIpc) is 2.57. The Morgan fingerprint density at radius 1 is 1.17 bits per heavy atom. The fourth-order valence-corrected chi connectivity index (χ4v) is 2.24. The van der Waals surface area contributed by atoms with Gasteiger partial charge in [0.2, 0.25) is 0 Å². The van der Waals surface area contributed by atoms with E-state index in [0.29, 0.717) is 12.2 Å². The molecule has 2 rings (SSSR count). The van der Waals surface area contributed by atoms with Crippen molar-refractivity contribution in [1.29, 1.82) is 0 Å². The summed E-state index contributed by atoms with van der Waals surface area (Å²) in [5.41, 5.74) is 1.16. The van der Waals surface area contributed by atoms with E-state index in [2.05, 4.69) is 17.1 Å². The number of rotatable bonds is 3. The molecule has 0 unspecified atom stereocenters. The molecule has 96 valence electrons. The summed E-state index contributed by atoms with van der Waals surface area (Å²) in [5.74, 6) is 0.402. The number of benzene rings is 1. The first-order valence-electron chi connectivity index (χ1n) is 6.40. The van der Waals surface area contributed by atoms with Crippen molar-refractivity contribution in [1.82, 2.24) is 4.90 Å². The van der Waals surface area contributed by atoms with Gasteiger partial charge in [-0.2, -0.15) is 0 Å². The molecule has 1 aliphatic heterocycles. The van der Waals surface area contributed by atoms with Gasteiger partial charge in [0.25, 0.3) is 0 Å². The molecular formula is C15H18ClNO. The summed E-state index contributed by atoms with van der Waals surface area (Å²) >= 11 is 5.84. The summed E-state index contributed by atoms with van der Waals surface area (Å²) in [7, 11) is 0. The van der Waals surface area contributed by atoms with Crippen molar-refractivity contribution in [2.24, 2.45) is 0 Å². The Morgan fingerprint density at radius 3 is 2.72 bits per heavy atom. The summed E-state index contributed by atoms with van der Waals surface area (Å²) in [6.07, 6.45) is 6.70. The quantitative estimate of drug-likeness (QED) is 0.833. The second-order valence-corrected chi connectivity index (χ2v) is 5.08. The van der Waals surface area contributed by atoms with Crippen molar-refractivity contribution in [3.05, 3.63) is 40.9 Å². The third-order valence-electron chi connectivity index (χ3n) is 3.18. The molecule has 0 amide bonds. The number of carbonyl (C=O) groups excluding carboxylic acids is 1. The van der Waals surface area contributed by atoms with E-state index in [9.17, 15) is 4.79 Å². The van der Waals surface area contributed by atoms with Crippen LogP contribution < -0.4 is 0 Å². The van der Waals surface area contributed by atoms with Gasteiger partial charge < -0.3 is 0 Å². The van der Waals surface area contributed by atoms with Gasteiger partial charge in [-0.25, -0.2) is 0 Å². The lowest BCUT2D eigenvalue weighted by molar-refractivity contribution is -0.118. The molecule has 1 aromatic rings. The highest BCUT2D eigenvalue weighted by atomic mass is 35.5. The normalized spacial score (nSPS) is 18.2. The van der Waals surface area contributed by atoms with Gasteiger partial charge in [-0.05, 0) is 30.7 Å². The second kappa shape index (κ2) is 6.72. The van der Waals surface area contributed by atoms with Crippen LogP contribution in [-0.4, -0.2) is 30.3 Å². The van der Waals surface area contributed by atoms with E-state index in [1.165, 1.54) is 0 Å². The van der Waals surface area contributed by atoms with Crippen LogP contribution in [0.15, 0.2) is 30.3 Å². The Hall–Kier alpha value is -1.12. The molecule has 1 aliphatic rings. The van der Waals surface area contributed by atoms with Crippen molar-refractivity contribution in [3.8, 4) is 0 Å². The van der Waals surface area contributed by atoms with Gasteiger partial charge >= 0.3 is 0 Å². The maximum absolute atomic E-state index is 11.3. The number of hydrogen-bond acceptors (Lipinski definition) is 2. The van der Waals surface area contributed by atoms with Crippen molar-refractivity contribution in [2.75, 3.05) is 19.6 Å². The standard InChI is InChI=1S/C15H18ClNO/c16-14-7-5-13(6-8-14)3-1-10-17-11-2-4-15(18)9-12-17/h1,3,5-8H,2,4,9-12H2. The summed E-state index contributed by atoms with van der Waals surface area (Å²) in [4.78, 5) is 13.6. The van der Waals surface area contributed by atoms with Crippen molar-refractivity contribution >= 4 is 23.5 Å². The molecule has 0 spiro atoms. The fourth-order valence-electron chi connectivity index (χ4n) is 2.11. The minimum absolute atomic E-state index is 0.402. The molecule has 0 radical (unpaired) electrons. The van der Waals surface area contributed by atoms with E-state index in [0.717, 1.165) is 43.1 Å². The predicted molar refractivity (Wildman–Crippen MR) is 75.8 cm³/mol. The van der Waals surface area contributed by atoms with E-state index in [1.54, 1.807) is 0 Å². The maximum Gasteiger partial charge on any atom is 0.134 e. The molecule has 0 N–H and O–H groups in total. The van der Waals surface area contributed by atoms with Crippen LogP contribution in [0.1, 0.15) is 24.8 Å². The van der Waals surface area contributed by atoms with Gasteiger partial charge in [0.05, 0.1) is 0 Å². The lowest BCUT2D eigenvalue weighted by Gasteiger charge is -2.16. The number of likely N-dealkylation sites (tertiary alicyclic amines) is 1. The maximum atomic E-state index is 11.3. The van der Waals surface area contributed by atoms with Gasteiger partial charge in [-0.1, -0.05) is 35.9 Å². The van der Waals surface area contributed by atoms with E-state index in [-0.39, 0.29) is 0 Å². The molecule has 2 nitrogen and oxygen atoms in total. The fraction of sp³-hybridized carbons (Fsp3) is 0.400. The highest BCUT2D eigenvalue weighted by molar-refractivity contribution is 6.30. The molecule has 3 heteroatoms. The molecular weight excluding hydrogens is 246 g/mol. The zero-order chi connectivity index (χ0) is 12.8. The summed E-state index contributed by atoms with van der Waals surface area (Å²) in [6.45, 7) is 2.83. The minimum atomic E-state index is 0.402. The first kappa shape index (κ1) is 13.3. The molecule has 0 atom stereocenters. The van der Waals surface area contributed by atoms with Crippen LogP contribution in [0.3, 0.4) is 0 Å². The third kappa shape index (κ3) is 4.28.